The van der Waals surface area contributed by atoms with Gasteiger partial charge in [0, 0.05) is 15.4 Å². The van der Waals surface area contributed by atoms with E-state index in [2.05, 4.69) is 10.6 Å². The number of carbonyl (C=O) groups excluding carboxylic acids is 3. The van der Waals surface area contributed by atoms with Crippen LogP contribution in [0.15, 0.2) is 66.7 Å². The molecule has 1 saturated heterocycles. The fraction of sp³-hybridized carbons (Fsp3) is 0.296. The predicted molar refractivity (Wildman–Crippen MR) is 147 cm³/mol. The third-order valence-electron chi connectivity index (χ3n) is 6.50. The van der Waals surface area contributed by atoms with E-state index in [1.54, 1.807) is 35.8 Å². The standard InChI is InChI=1S/C27H29N3O7S2/c31-24(30-34)16-27(13-4-5-14-39(27,35)36)23-12-11-22(38-23)20-9-6-10-21(15-20)29-25(32)17-28-26(33)37-18-19-7-2-1-3-8-19/h1-3,6-12,15,34H,4-5,13-14,16-18H2,(H,28,33)(H,29,32)(H,30,31)/t27-/m0/s1. The highest BCUT2D eigenvalue weighted by Crippen LogP contribution is 2.47. The number of ether oxygens (including phenoxy) is 1. The van der Waals surface area contributed by atoms with Gasteiger partial charge in [-0.2, -0.15) is 0 Å². The molecule has 10 nitrogen and oxygen atoms in total. The number of carbonyl (C=O) groups is 3. The number of nitrogens with one attached hydrogen (secondary N) is 3. The van der Waals surface area contributed by atoms with Crippen LogP contribution in [0.25, 0.3) is 10.4 Å². The van der Waals surface area contributed by atoms with E-state index in [0.717, 1.165) is 16.0 Å². The van der Waals surface area contributed by atoms with Gasteiger partial charge in [0.25, 0.3) is 0 Å². The Balaban J connectivity index is 1.41. The average molecular weight is 572 g/mol. The third kappa shape index (κ3) is 6.83. The number of hydroxylamine groups is 1. The summed E-state index contributed by atoms with van der Waals surface area (Å²) in [5.41, 5.74) is 3.63. The second-order valence-electron chi connectivity index (χ2n) is 9.19. The van der Waals surface area contributed by atoms with Crippen molar-refractivity contribution in [3.63, 3.8) is 0 Å². The van der Waals surface area contributed by atoms with Crippen LogP contribution in [0, 0.1) is 0 Å². The number of benzene rings is 2. The minimum Gasteiger partial charge on any atom is -0.445 e. The van der Waals surface area contributed by atoms with Crippen LogP contribution < -0.4 is 16.1 Å². The SMILES string of the molecule is O=C(C[C@]1(c2ccc(-c3cccc(NC(=O)CNC(=O)OCc4ccccc4)c3)s2)CCCCS1(=O)=O)NO. The van der Waals surface area contributed by atoms with Crippen LogP contribution in [0.2, 0.25) is 0 Å². The summed E-state index contributed by atoms with van der Waals surface area (Å²) < 4.78 is 30.0. The summed E-state index contributed by atoms with van der Waals surface area (Å²) >= 11 is 1.26. The molecule has 0 radical (unpaired) electrons. The number of thiophene rings is 1. The van der Waals surface area contributed by atoms with Crippen molar-refractivity contribution in [2.45, 2.75) is 37.0 Å². The summed E-state index contributed by atoms with van der Waals surface area (Å²) in [5.74, 6) is -1.22. The molecule has 1 aliphatic heterocycles. The molecule has 0 bridgehead atoms. The maximum absolute atomic E-state index is 13.2. The van der Waals surface area contributed by atoms with E-state index in [1.165, 1.54) is 11.3 Å². The van der Waals surface area contributed by atoms with E-state index < -0.39 is 32.5 Å². The molecule has 4 N–H and O–H groups in total. The number of alkyl carbamates (subject to hydrolysis) is 1. The Morgan fingerprint density at radius 2 is 1.77 bits per heavy atom. The van der Waals surface area contributed by atoms with Crippen LogP contribution in [0.3, 0.4) is 0 Å². The van der Waals surface area contributed by atoms with Crippen LogP contribution in [0.5, 0.6) is 0 Å². The van der Waals surface area contributed by atoms with Crippen LogP contribution in [0.1, 0.15) is 36.1 Å². The lowest BCUT2D eigenvalue weighted by molar-refractivity contribution is -0.130. The van der Waals surface area contributed by atoms with Crippen LogP contribution >= 0.6 is 11.3 Å². The van der Waals surface area contributed by atoms with Crippen LogP contribution in [-0.4, -0.2) is 43.8 Å². The van der Waals surface area contributed by atoms with Gasteiger partial charge < -0.3 is 15.4 Å². The number of amides is 3. The highest BCUT2D eigenvalue weighted by atomic mass is 32.2. The maximum atomic E-state index is 13.2. The first-order valence-corrected chi connectivity index (χ1v) is 14.8. The molecular weight excluding hydrogens is 542 g/mol. The van der Waals surface area contributed by atoms with Gasteiger partial charge in [0.2, 0.25) is 11.8 Å². The lowest BCUT2D eigenvalue weighted by atomic mass is 9.94. The van der Waals surface area contributed by atoms with Crippen LogP contribution in [0.4, 0.5) is 10.5 Å². The number of anilines is 1. The summed E-state index contributed by atoms with van der Waals surface area (Å²) in [6.07, 6.45) is 0.406. The van der Waals surface area contributed by atoms with E-state index in [1.807, 2.05) is 36.4 Å². The van der Waals surface area contributed by atoms with E-state index in [9.17, 15) is 22.8 Å². The highest BCUT2D eigenvalue weighted by molar-refractivity contribution is 7.92. The van der Waals surface area contributed by atoms with Crippen molar-refractivity contribution in [2.75, 3.05) is 17.6 Å². The lowest BCUT2D eigenvalue weighted by Gasteiger charge is -2.35. The molecule has 2 aromatic carbocycles. The summed E-state index contributed by atoms with van der Waals surface area (Å²) in [6, 6.07) is 19.7. The molecule has 3 amide bonds. The molecule has 1 aromatic heterocycles. The maximum Gasteiger partial charge on any atom is 0.407 e. The number of sulfone groups is 1. The Morgan fingerprint density at radius 1 is 0.974 bits per heavy atom. The van der Waals surface area contributed by atoms with Gasteiger partial charge in [-0.3, -0.25) is 14.8 Å². The summed E-state index contributed by atoms with van der Waals surface area (Å²) in [4.78, 5) is 37.7. The fourth-order valence-electron chi connectivity index (χ4n) is 4.53. The smallest absolute Gasteiger partial charge is 0.407 e. The second-order valence-corrected chi connectivity index (χ2v) is 12.7. The molecule has 1 fully saturated rings. The third-order valence-corrected chi connectivity index (χ3v) is 10.6. The van der Waals surface area contributed by atoms with Gasteiger partial charge in [0.1, 0.15) is 17.9 Å². The quantitative estimate of drug-likeness (QED) is 0.224. The van der Waals surface area contributed by atoms with Crippen molar-refractivity contribution < 1.29 is 32.7 Å². The Kier molecular flexibility index (Phi) is 9.00. The van der Waals surface area contributed by atoms with E-state index in [4.69, 9.17) is 9.94 Å². The number of hydrogen-bond acceptors (Lipinski definition) is 8. The molecular formula is C27H29N3O7S2. The number of rotatable bonds is 9. The predicted octanol–water partition coefficient (Wildman–Crippen LogP) is 3.97. The highest BCUT2D eigenvalue weighted by Gasteiger charge is 2.49. The Labute approximate surface area is 230 Å². The first-order valence-electron chi connectivity index (χ1n) is 12.3. The zero-order chi connectivity index (χ0) is 27.9. The van der Waals surface area contributed by atoms with Gasteiger partial charge in [0.05, 0.1) is 12.2 Å². The Morgan fingerprint density at radius 3 is 2.51 bits per heavy atom. The summed E-state index contributed by atoms with van der Waals surface area (Å²) in [7, 11) is -3.63. The second kappa shape index (κ2) is 12.4. The molecule has 0 saturated carbocycles. The van der Waals surface area contributed by atoms with Gasteiger partial charge >= 0.3 is 6.09 Å². The molecule has 0 spiro atoms. The summed E-state index contributed by atoms with van der Waals surface area (Å²) in [5, 5.41) is 14.2. The molecule has 2 heterocycles. The van der Waals surface area contributed by atoms with Crippen molar-refractivity contribution in [1.29, 1.82) is 0 Å². The molecule has 39 heavy (non-hydrogen) atoms. The topological polar surface area (TPSA) is 151 Å². The van der Waals surface area contributed by atoms with E-state index in [-0.39, 0.29) is 25.3 Å². The Hall–Kier alpha value is -3.74. The van der Waals surface area contributed by atoms with E-state index >= 15 is 0 Å². The zero-order valence-corrected chi connectivity index (χ0v) is 22.6. The molecule has 1 aliphatic rings. The minimum atomic E-state index is -3.63. The molecule has 206 valence electrons. The monoisotopic (exact) mass is 571 g/mol. The van der Waals surface area contributed by atoms with Gasteiger partial charge in [-0.1, -0.05) is 48.9 Å². The fourth-order valence-corrected chi connectivity index (χ4v) is 8.31. The first kappa shape index (κ1) is 28.3. The molecule has 0 unspecified atom stereocenters. The average Bonchev–Trinajstić information content (AvgIpc) is 3.43. The zero-order valence-electron chi connectivity index (χ0n) is 21.0. The molecule has 0 aliphatic carbocycles. The van der Waals surface area contributed by atoms with Gasteiger partial charge in [-0.15, -0.1) is 11.3 Å². The first-order chi connectivity index (χ1) is 18.7. The summed E-state index contributed by atoms with van der Waals surface area (Å²) in [6.45, 7) is -0.194. The Bertz CT molecular complexity index is 1440. The van der Waals surface area contributed by atoms with Crippen molar-refractivity contribution >= 4 is 44.8 Å². The van der Waals surface area contributed by atoms with Gasteiger partial charge in [0.15, 0.2) is 9.84 Å². The van der Waals surface area contributed by atoms with E-state index in [0.29, 0.717) is 29.8 Å². The lowest BCUT2D eigenvalue weighted by Crippen LogP contribution is -2.43. The van der Waals surface area contributed by atoms with Crippen molar-refractivity contribution in [1.82, 2.24) is 10.8 Å². The van der Waals surface area contributed by atoms with Crippen molar-refractivity contribution in [3.05, 3.63) is 77.2 Å². The van der Waals surface area contributed by atoms with Gasteiger partial charge in [-0.05, 0) is 48.2 Å². The van der Waals surface area contributed by atoms with Gasteiger partial charge in [-0.25, -0.2) is 18.7 Å². The van der Waals surface area contributed by atoms with Crippen molar-refractivity contribution in [2.24, 2.45) is 0 Å². The largest absolute Gasteiger partial charge is 0.445 e. The molecule has 12 heteroatoms. The molecule has 4 rings (SSSR count). The normalized spacial score (nSPS) is 18.1. The number of hydrogen-bond donors (Lipinski definition) is 4. The minimum absolute atomic E-state index is 0.0196. The molecule has 1 atom stereocenters. The van der Waals surface area contributed by atoms with Crippen LogP contribution in [-0.2, 0) is 35.5 Å². The van der Waals surface area contributed by atoms with Crippen molar-refractivity contribution in [3.8, 4) is 10.4 Å². The molecule has 3 aromatic rings.